The third-order valence-corrected chi connectivity index (χ3v) is 3.94. The first-order valence-electron chi connectivity index (χ1n) is 7.70. The molecule has 0 spiro atoms. The summed E-state index contributed by atoms with van der Waals surface area (Å²) in [5.74, 6) is 0. The normalized spacial score (nSPS) is 48.7. The van der Waals surface area contributed by atoms with Crippen LogP contribution in [0.5, 0.6) is 0 Å². The molecule has 0 bridgehead atoms. The fourth-order valence-electron chi connectivity index (χ4n) is 2.58. The summed E-state index contributed by atoms with van der Waals surface area (Å²) in [4.78, 5) is 0. The maximum absolute atomic E-state index is 10.1. The predicted octanol–water partition coefficient (Wildman–Crippen LogP) is -2.30. The molecular weight excluding hydrogens is 312 g/mol. The second kappa shape index (κ2) is 7.68. The second-order valence-corrected chi connectivity index (χ2v) is 6.23. The van der Waals surface area contributed by atoms with E-state index in [1.807, 2.05) is 0 Å². The van der Waals surface area contributed by atoms with Crippen molar-refractivity contribution in [2.24, 2.45) is 0 Å². The average Bonchev–Trinajstić information content (AvgIpc) is 2.49. The Morgan fingerprint density at radius 3 is 2.17 bits per heavy atom. The Morgan fingerprint density at radius 2 is 1.57 bits per heavy atom. The summed E-state index contributed by atoms with van der Waals surface area (Å²) in [5, 5.41) is 49.4. The van der Waals surface area contributed by atoms with Gasteiger partial charge in [-0.2, -0.15) is 0 Å². The van der Waals surface area contributed by atoms with Crippen molar-refractivity contribution >= 4 is 0 Å². The Bertz CT molecular complexity index is 379. The first kappa shape index (κ1) is 19.0. The van der Waals surface area contributed by atoms with E-state index in [1.165, 1.54) is 6.92 Å². The van der Waals surface area contributed by atoms with Gasteiger partial charge < -0.3 is 44.5 Å². The number of aliphatic hydroxyl groups excluding tert-OH is 5. The van der Waals surface area contributed by atoms with Crippen molar-refractivity contribution in [3.8, 4) is 0 Å². The highest BCUT2D eigenvalue weighted by molar-refractivity contribution is 4.90. The lowest BCUT2D eigenvalue weighted by molar-refractivity contribution is -0.356. The Hall–Kier alpha value is -0.360. The van der Waals surface area contributed by atoms with Gasteiger partial charge in [-0.1, -0.05) is 0 Å². The number of ether oxygens (including phenoxy) is 4. The molecule has 2 fully saturated rings. The van der Waals surface area contributed by atoms with Crippen LogP contribution in [0.1, 0.15) is 20.8 Å². The SMILES string of the molecule is CC(C)O[C@@H]1OC[C@H](O)[C@H](O)[C@H]1O[C@@H]1O[C@@H](C)[C@H](O)[C@@H](O)[C@H]1O. The standard InChI is InChI=1S/C14H26O9/c1-5(2)21-14-12(9(17)7(15)4-20-14)23-13-11(19)10(18)8(16)6(3)22-13/h5-19H,4H2,1-3H3/t6-,7-,8-,9-,10+,11+,12+,13-,14-/m0/s1. The van der Waals surface area contributed by atoms with Crippen LogP contribution in [-0.4, -0.2) is 93.6 Å². The molecule has 23 heavy (non-hydrogen) atoms. The van der Waals surface area contributed by atoms with Crippen molar-refractivity contribution in [3.05, 3.63) is 0 Å². The summed E-state index contributed by atoms with van der Waals surface area (Å²) in [5.41, 5.74) is 0. The summed E-state index contributed by atoms with van der Waals surface area (Å²) < 4.78 is 21.7. The molecule has 0 amide bonds. The Kier molecular flexibility index (Phi) is 6.34. The minimum atomic E-state index is -1.52. The molecule has 0 aromatic carbocycles. The summed E-state index contributed by atoms with van der Waals surface area (Å²) in [6, 6.07) is 0. The van der Waals surface area contributed by atoms with Gasteiger partial charge in [0, 0.05) is 0 Å². The van der Waals surface area contributed by atoms with Crippen molar-refractivity contribution in [2.75, 3.05) is 6.61 Å². The Balaban J connectivity index is 2.10. The van der Waals surface area contributed by atoms with E-state index in [4.69, 9.17) is 18.9 Å². The van der Waals surface area contributed by atoms with Crippen molar-refractivity contribution in [3.63, 3.8) is 0 Å². The van der Waals surface area contributed by atoms with E-state index in [0.717, 1.165) is 0 Å². The van der Waals surface area contributed by atoms with E-state index in [0.29, 0.717) is 0 Å². The largest absolute Gasteiger partial charge is 0.388 e. The molecule has 2 rings (SSSR count). The number of hydrogen-bond donors (Lipinski definition) is 5. The molecule has 2 aliphatic heterocycles. The van der Waals surface area contributed by atoms with Crippen LogP contribution in [0.2, 0.25) is 0 Å². The van der Waals surface area contributed by atoms with E-state index >= 15 is 0 Å². The highest BCUT2D eigenvalue weighted by Crippen LogP contribution is 2.27. The summed E-state index contributed by atoms with van der Waals surface area (Å²) in [6.45, 7) is 4.93. The molecule has 0 aliphatic carbocycles. The van der Waals surface area contributed by atoms with Crippen LogP contribution in [0.15, 0.2) is 0 Å². The molecule has 2 heterocycles. The molecule has 9 heteroatoms. The Labute approximate surface area is 134 Å². The molecular formula is C14H26O9. The molecule has 2 aliphatic rings. The van der Waals surface area contributed by atoms with Crippen LogP contribution >= 0.6 is 0 Å². The van der Waals surface area contributed by atoms with E-state index in [2.05, 4.69) is 0 Å². The third-order valence-electron chi connectivity index (χ3n) is 3.94. The van der Waals surface area contributed by atoms with Crippen LogP contribution in [-0.2, 0) is 18.9 Å². The second-order valence-electron chi connectivity index (χ2n) is 6.23. The lowest BCUT2D eigenvalue weighted by atomic mass is 9.99. The van der Waals surface area contributed by atoms with Gasteiger partial charge in [0.25, 0.3) is 0 Å². The lowest BCUT2D eigenvalue weighted by Gasteiger charge is -2.44. The molecule has 2 saturated heterocycles. The molecule has 9 nitrogen and oxygen atoms in total. The number of hydrogen-bond acceptors (Lipinski definition) is 9. The fourth-order valence-corrected chi connectivity index (χ4v) is 2.58. The van der Waals surface area contributed by atoms with Gasteiger partial charge in [0.05, 0.1) is 18.8 Å². The van der Waals surface area contributed by atoms with E-state index in [-0.39, 0.29) is 12.7 Å². The summed E-state index contributed by atoms with van der Waals surface area (Å²) in [6.07, 6.45) is -11.2. The van der Waals surface area contributed by atoms with Gasteiger partial charge in [-0.15, -0.1) is 0 Å². The summed E-state index contributed by atoms with van der Waals surface area (Å²) in [7, 11) is 0. The van der Waals surface area contributed by atoms with Crippen LogP contribution in [0.4, 0.5) is 0 Å². The van der Waals surface area contributed by atoms with Crippen molar-refractivity contribution in [1.29, 1.82) is 0 Å². The average molecular weight is 338 g/mol. The number of rotatable bonds is 4. The van der Waals surface area contributed by atoms with E-state index in [1.54, 1.807) is 13.8 Å². The smallest absolute Gasteiger partial charge is 0.187 e. The first-order valence-corrected chi connectivity index (χ1v) is 7.70. The highest BCUT2D eigenvalue weighted by atomic mass is 16.8. The topological polar surface area (TPSA) is 138 Å². The van der Waals surface area contributed by atoms with Gasteiger partial charge in [0.15, 0.2) is 12.6 Å². The molecule has 0 unspecified atom stereocenters. The van der Waals surface area contributed by atoms with Gasteiger partial charge in [-0.05, 0) is 20.8 Å². The molecule has 0 radical (unpaired) electrons. The van der Waals surface area contributed by atoms with Crippen LogP contribution in [0, 0.1) is 0 Å². The van der Waals surface area contributed by atoms with Gasteiger partial charge in [-0.3, -0.25) is 0 Å². The molecule has 9 atom stereocenters. The maximum atomic E-state index is 10.1. The van der Waals surface area contributed by atoms with E-state index in [9.17, 15) is 25.5 Å². The quantitative estimate of drug-likeness (QED) is 0.383. The number of aliphatic hydroxyl groups is 5. The Morgan fingerprint density at radius 1 is 0.913 bits per heavy atom. The van der Waals surface area contributed by atoms with Crippen molar-refractivity contribution in [2.45, 2.75) is 82.2 Å². The molecule has 0 saturated carbocycles. The lowest BCUT2D eigenvalue weighted by Crippen LogP contribution is -2.62. The molecule has 0 aromatic heterocycles. The van der Waals surface area contributed by atoms with Gasteiger partial charge >= 0.3 is 0 Å². The maximum Gasteiger partial charge on any atom is 0.187 e. The minimum absolute atomic E-state index is 0.121. The van der Waals surface area contributed by atoms with Gasteiger partial charge in [0.2, 0.25) is 0 Å². The van der Waals surface area contributed by atoms with Crippen LogP contribution < -0.4 is 0 Å². The van der Waals surface area contributed by atoms with Crippen LogP contribution in [0.3, 0.4) is 0 Å². The fraction of sp³-hybridized carbons (Fsp3) is 1.00. The third kappa shape index (κ3) is 4.19. The van der Waals surface area contributed by atoms with Crippen LogP contribution in [0.25, 0.3) is 0 Å². The van der Waals surface area contributed by atoms with Gasteiger partial charge in [0.1, 0.15) is 36.6 Å². The zero-order valence-corrected chi connectivity index (χ0v) is 13.3. The predicted molar refractivity (Wildman–Crippen MR) is 75.2 cm³/mol. The molecule has 0 aromatic rings. The molecule has 136 valence electrons. The van der Waals surface area contributed by atoms with Crippen molar-refractivity contribution < 1.29 is 44.5 Å². The van der Waals surface area contributed by atoms with E-state index < -0.39 is 55.3 Å². The highest BCUT2D eigenvalue weighted by Gasteiger charge is 2.48. The zero-order valence-electron chi connectivity index (χ0n) is 13.3. The zero-order chi connectivity index (χ0) is 17.3. The first-order chi connectivity index (χ1) is 10.7. The molecule has 5 N–H and O–H groups in total. The minimum Gasteiger partial charge on any atom is -0.388 e. The van der Waals surface area contributed by atoms with Gasteiger partial charge in [-0.25, -0.2) is 0 Å². The summed E-state index contributed by atoms with van der Waals surface area (Å²) >= 11 is 0. The van der Waals surface area contributed by atoms with Crippen molar-refractivity contribution in [1.82, 2.24) is 0 Å². The monoisotopic (exact) mass is 338 g/mol.